The van der Waals surface area contributed by atoms with Crippen LogP contribution in [-0.4, -0.2) is 42.4 Å². The summed E-state index contributed by atoms with van der Waals surface area (Å²) >= 11 is 0. The van der Waals surface area contributed by atoms with Gasteiger partial charge in [-0.15, -0.1) is 9.39 Å². The summed E-state index contributed by atoms with van der Waals surface area (Å²) in [5, 5.41) is 7.12. The summed E-state index contributed by atoms with van der Waals surface area (Å²) in [6.45, 7) is 7.06. The van der Waals surface area contributed by atoms with Crippen LogP contribution in [0.5, 0.6) is 11.5 Å². The van der Waals surface area contributed by atoms with Crippen LogP contribution in [0.1, 0.15) is 47.6 Å². The first-order chi connectivity index (χ1) is 21.0. The number of aryl methyl sites for hydroxylation is 1. The summed E-state index contributed by atoms with van der Waals surface area (Å²) < 4.78 is 14.6. The molecule has 0 fully saturated rings. The molecule has 4 aromatic rings. The highest BCUT2D eigenvalue weighted by molar-refractivity contribution is 8.25. The Morgan fingerprint density at radius 2 is 1.48 bits per heavy atom. The van der Waals surface area contributed by atoms with Crippen LogP contribution in [0.25, 0.3) is 0 Å². The maximum Gasteiger partial charge on any atom is 0.339 e. The number of hydrogen-bond donors (Lipinski definition) is 2. The summed E-state index contributed by atoms with van der Waals surface area (Å²) in [6.07, 6.45) is 1.60. The topological polar surface area (TPSA) is 75.2 Å². The molecule has 2 amide bonds. The largest absolute Gasteiger partial charge is 0.488 e. The number of amides is 2. The highest BCUT2D eigenvalue weighted by Gasteiger charge is 2.15. The number of hydrazone groups is 1. The molecule has 7 nitrogen and oxygen atoms in total. The second kappa shape index (κ2) is 14.8. The maximum absolute atomic E-state index is 12.8. The lowest BCUT2D eigenvalue weighted by Gasteiger charge is -2.25. The van der Waals surface area contributed by atoms with Gasteiger partial charge in [0.1, 0.15) is 24.7 Å². The number of carbonyl (C=O) groups excluding carboxylic acids is 1. The molecular formula is C36H42N4O3S. The fraction of sp³-hybridized carbons (Fsp3) is 0.222. The maximum atomic E-state index is 12.8. The molecule has 0 saturated carbocycles. The average Bonchev–Trinajstić information content (AvgIpc) is 3.01. The Labute approximate surface area is 262 Å². The van der Waals surface area contributed by atoms with Gasteiger partial charge < -0.3 is 14.8 Å². The summed E-state index contributed by atoms with van der Waals surface area (Å²) in [7, 11) is 2.24. The zero-order valence-corrected chi connectivity index (χ0v) is 27.0. The van der Waals surface area contributed by atoms with Gasteiger partial charge in [-0.05, 0) is 67.4 Å². The lowest BCUT2D eigenvalue weighted by Crippen LogP contribution is -2.24. The molecule has 8 heteroatoms. The molecule has 230 valence electrons. The fourth-order valence-corrected chi connectivity index (χ4v) is 5.88. The van der Waals surface area contributed by atoms with Crippen molar-refractivity contribution in [2.75, 3.05) is 19.4 Å². The number of nitrogens with zero attached hydrogens (tertiary/aromatic N) is 2. The lowest BCUT2D eigenvalue weighted by molar-refractivity contribution is 0.252. The molecule has 0 unspecified atom stereocenters. The zero-order valence-electron chi connectivity index (χ0n) is 26.2. The van der Waals surface area contributed by atoms with Crippen LogP contribution in [0.2, 0.25) is 0 Å². The standard InChI is InChI=1S/C36H42N4O3S/c1-26(2)32-20-30(23-37-39-36(41)38-31-19-18-27(3)35(21-31)44(6,7)40(4)5)33(42-24-28-14-10-8-11-15-28)22-34(32)43-25-29-16-12-9-13-17-29/h8-23,26H,6-7,24-25H2,1-5H3,(H2,38,39,41). The number of urea groups is 1. The molecule has 0 atom stereocenters. The van der Waals surface area contributed by atoms with E-state index in [2.05, 4.69) is 41.4 Å². The van der Waals surface area contributed by atoms with Crippen LogP contribution in [0.3, 0.4) is 0 Å². The normalized spacial score (nSPS) is 11.6. The van der Waals surface area contributed by atoms with E-state index < -0.39 is 15.4 Å². The molecule has 4 rings (SSSR count). The fourth-order valence-electron chi connectivity index (χ4n) is 4.47. The van der Waals surface area contributed by atoms with E-state index in [0.29, 0.717) is 24.7 Å². The van der Waals surface area contributed by atoms with E-state index in [4.69, 9.17) is 9.47 Å². The van der Waals surface area contributed by atoms with E-state index in [0.717, 1.165) is 38.5 Å². The first-order valence-electron chi connectivity index (χ1n) is 14.4. The monoisotopic (exact) mass is 610 g/mol. The molecule has 4 aromatic carbocycles. The second-order valence-corrected chi connectivity index (χ2v) is 13.9. The van der Waals surface area contributed by atoms with Gasteiger partial charge in [0.05, 0.1) is 6.21 Å². The van der Waals surface area contributed by atoms with Crippen molar-refractivity contribution in [1.82, 2.24) is 9.73 Å². The number of hydrogen-bond acceptors (Lipinski definition) is 5. The van der Waals surface area contributed by atoms with Crippen molar-refractivity contribution in [2.24, 2.45) is 5.10 Å². The van der Waals surface area contributed by atoms with Crippen LogP contribution in [0.15, 0.2) is 101 Å². The average molecular weight is 611 g/mol. The van der Waals surface area contributed by atoms with Gasteiger partial charge in [-0.25, -0.2) is 10.2 Å². The van der Waals surface area contributed by atoms with Gasteiger partial charge in [0.15, 0.2) is 0 Å². The molecule has 0 heterocycles. The Bertz CT molecular complexity index is 1700. The third-order valence-corrected chi connectivity index (χ3v) is 9.82. The van der Waals surface area contributed by atoms with Crippen molar-refractivity contribution in [3.63, 3.8) is 0 Å². The van der Waals surface area contributed by atoms with Crippen LogP contribution in [-0.2, 0) is 13.2 Å². The number of rotatable bonds is 12. The Kier molecular flexibility index (Phi) is 10.9. The van der Waals surface area contributed by atoms with E-state index in [1.165, 1.54) is 0 Å². The van der Waals surface area contributed by atoms with Crippen LogP contribution >= 0.6 is 9.39 Å². The van der Waals surface area contributed by atoms with Gasteiger partial charge in [-0.2, -0.15) is 5.10 Å². The first kappa shape index (κ1) is 32.4. The van der Waals surface area contributed by atoms with Crippen molar-refractivity contribution < 1.29 is 14.3 Å². The van der Waals surface area contributed by atoms with Crippen molar-refractivity contribution in [1.29, 1.82) is 0 Å². The molecule has 0 radical (unpaired) electrons. The molecule has 0 spiro atoms. The Hall–Kier alpha value is -4.53. The quantitative estimate of drug-likeness (QED) is 0.0970. The summed E-state index contributed by atoms with van der Waals surface area (Å²) in [4.78, 5) is 13.8. The molecule has 0 aliphatic rings. The molecule has 0 bridgehead atoms. The Morgan fingerprint density at radius 3 is 2.05 bits per heavy atom. The van der Waals surface area contributed by atoms with Crippen LogP contribution in [0.4, 0.5) is 10.5 Å². The van der Waals surface area contributed by atoms with Crippen molar-refractivity contribution in [2.45, 2.75) is 44.8 Å². The van der Waals surface area contributed by atoms with Crippen LogP contribution < -0.4 is 20.2 Å². The number of nitrogens with one attached hydrogen (secondary N) is 2. The van der Waals surface area contributed by atoms with E-state index in [1.54, 1.807) is 6.21 Å². The van der Waals surface area contributed by atoms with Gasteiger partial charge in [0.2, 0.25) is 0 Å². The first-order valence-corrected chi connectivity index (χ1v) is 16.4. The number of anilines is 1. The van der Waals surface area contributed by atoms with Crippen molar-refractivity contribution in [3.8, 4) is 11.5 Å². The predicted octanol–water partition coefficient (Wildman–Crippen LogP) is 7.94. The number of ether oxygens (including phenoxy) is 2. The highest BCUT2D eigenvalue weighted by Crippen LogP contribution is 2.38. The molecule has 2 N–H and O–H groups in total. The predicted molar refractivity (Wildman–Crippen MR) is 187 cm³/mol. The Balaban J connectivity index is 1.55. The summed E-state index contributed by atoms with van der Waals surface area (Å²) in [6, 6.07) is 29.2. The summed E-state index contributed by atoms with van der Waals surface area (Å²) in [5.41, 5.74) is 8.15. The van der Waals surface area contributed by atoms with Gasteiger partial charge in [0, 0.05) is 22.2 Å². The van der Waals surface area contributed by atoms with Crippen LogP contribution in [0, 0.1) is 6.92 Å². The highest BCUT2D eigenvalue weighted by atomic mass is 32.2. The third-order valence-electron chi connectivity index (χ3n) is 7.16. The molecule has 0 saturated heterocycles. The van der Waals surface area contributed by atoms with Gasteiger partial charge in [-0.3, -0.25) is 4.31 Å². The minimum Gasteiger partial charge on any atom is -0.488 e. The second-order valence-electron chi connectivity index (χ2n) is 11.1. The van der Waals surface area contributed by atoms with Crippen molar-refractivity contribution in [3.05, 3.63) is 119 Å². The minimum absolute atomic E-state index is 0.181. The number of carbonyl (C=O) groups is 1. The van der Waals surface area contributed by atoms with E-state index in [-0.39, 0.29) is 5.92 Å². The molecule has 44 heavy (non-hydrogen) atoms. The van der Waals surface area contributed by atoms with E-state index in [1.807, 2.05) is 116 Å². The van der Waals surface area contributed by atoms with E-state index >= 15 is 0 Å². The molecule has 0 aliphatic carbocycles. The molecule has 0 aromatic heterocycles. The third kappa shape index (κ3) is 8.52. The van der Waals surface area contributed by atoms with E-state index in [9.17, 15) is 4.79 Å². The van der Waals surface area contributed by atoms with Gasteiger partial charge >= 0.3 is 6.03 Å². The minimum atomic E-state index is -1.68. The van der Waals surface area contributed by atoms with Gasteiger partial charge in [-0.1, -0.05) is 92.3 Å². The number of benzene rings is 4. The lowest BCUT2D eigenvalue weighted by atomic mass is 9.99. The molecule has 0 aliphatic heterocycles. The smallest absolute Gasteiger partial charge is 0.339 e. The van der Waals surface area contributed by atoms with Crippen molar-refractivity contribution >= 4 is 39.1 Å². The zero-order chi connectivity index (χ0) is 31.7. The SMILES string of the molecule is C=S(=C)(c1cc(NC(=O)NN=Cc2cc(C(C)C)c(OCc3ccccc3)cc2OCc2ccccc2)ccc1C)N(C)C. The summed E-state index contributed by atoms with van der Waals surface area (Å²) in [5.74, 6) is 10.2. The van der Waals surface area contributed by atoms with Gasteiger partial charge in [0.25, 0.3) is 0 Å². The Morgan fingerprint density at radius 1 is 0.886 bits per heavy atom. The molecular weight excluding hydrogens is 568 g/mol.